The van der Waals surface area contributed by atoms with Crippen molar-refractivity contribution in [2.45, 2.75) is 25.3 Å². The maximum absolute atomic E-state index is 12.6. The van der Waals surface area contributed by atoms with Crippen molar-refractivity contribution in [2.24, 2.45) is 0 Å². The molecule has 5 nitrogen and oxygen atoms in total. The van der Waals surface area contributed by atoms with Crippen LogP contribution in [0.2, 0.25) is 0 Å². The number of amides is 1. The van der Waals surface area contributed by atoms with E-state index in [1.165, 1.54) is 11.3 Å². The highest BCUT2D eigenvalue weighted by Crippen LogP contribution is 2.36. The van der Waals surface area contributed by atoms with Crippen LogP contribution in [-0.4, -0.2) is 28.4 Å². The minimum atomic E-state index is -0.0542. The molecule has 0 aliphatic heterocycles. The van der Waals surface area contributed by atoms with Gasteiger partial charge in [0.05, 0.1) is 22.9 Å². The number of hydrogen-bond donors (Lipinski definition) is 1. The number of pyridine rings is 1. The number of rotatable bonds is 4. The topological polar surface area (TPSA) is 83.0 Å². The van der Waals surface area contributed by atoms with E-state index in [1.54, 1.807) is 17.3 Å². The third-order valence-electron chi connectivity index (χ3n) is 3.44. The summed E-state index contributed by atoms with van der Waals surface area (Å²) in [5.41, 5.74) is 6.62. The summed E-state index contributed by atoms with van der Waals surface area (Å²) in [5.74, 6) is -0.0542. The number of carbonyl (C=O) groups is 1. The van der Waals surface area contributed by atoms with E-state index < -0.39 is 0 Å². The molecule has 1 amide bonds. The number of nitriles is 1. The van der Waals surface area contributed by atoms with Crippen molar-refractivity contribution in [1.29, 1.82) is 5.26 Å². The second kappa shape index (κ2) is 5.10. The Bertz CT molecular complexity index is 699. The van der Waals surface area contributed by atoms with Gasteiger partial charge >= 0.3 is 0 Å². The standard InChI is InChI=1S/C14H14N4OS/c15-5-1-7-18(9-2-3-9)14(19)13-12(16)10-4-6-17-8-11(10)20-13/h4,6,8-9H,1-3,7,16H2. The molecule has 102 valence electrons. The zero-order valence-corrected chi connectivity index (χ0v) is 11.7. The highest BCUT2D eigenvalue weighted by molar-refractivity contribution is 7.21. The maximum Gasteiger partial charge on any atom is 0.266 e. The van der Waals surface area contributed by atoms with E-state index in [4.69, 9.17) is 11.0 Å². The van der Waals surface area contributed by atoms with Crippen molar-refractivity contribution in [3.05, 3.63) is 23.3 Å². The van der Waals surface area contributed by atoms with Gasteiger partial charge in [0.15, 0.2) is 0 Å². The smallest absolute Gasteiger partial charge is 0.266 e. The molecule has 0 saturated heterocycles. The summed E-state index contributed by atoms with van der Waals surface area (Å²) in [6.45, 7) is 0.478. The van der Waals surface area contributed by atoms with Crippen LogP contribution in [0.25, 0.3) is 10.1 Å². The average molecular weight is 286 g/mol. The van der Waals surface area contributed by atoms with Gasteiger partial charge in [0.25, 0.3) is 5.91 Å². The van der Waals surface area contributed by atoms with Gasteiger partial charge < -0.3 is 10.6 Å². The van der Waals surface area contributed by atoms with Gasteiger partial charge in [-0.15, -0.1) is 11.3 Å². The zero-order chi connectivity index (χ0) is 14.1. The molecule has 0 unspecified atom stereocenters. The maximum atomic E-state index is 12.6. The van der Waals surface area contributed by atoms with Crippen LogP contribution >= 0.6 is 11.3 Å². The van der Waals surface area contributed by atoms with E-state index in [2.05, 4.69) is 11.1 Å². The minimum absolute atomic E-state index is 0.0542. The first-order valence-electron chi connectivity index (χ1n) is 6.52. The Labute approximate surface area is 120 Å². The number of anilines is 1. The Morgan fingerprint density at radius 1 is 1.60 bits per heavy atom. The van der Waals surface area contributed by atoms with Crippen LogP contribution in [0.5, 0.6) is 0 Å². The zero-order valence-electron chi connectivity index (χ0n) is 10.9. The van der Waals surface area contributed by atoms with Crippen LogP contribution in [0, 0.1) is 11.3 Å². The van der Waals surface area contributed by atoms with Crippen molar-refractivity contribution in [3.63, 3.8) is 0 Å². The summed E-state index contributed by atoms with van der Waals surface area (Å²) in [5, 5.41) is 9.60. The molecule has 2 heterocycles. The van der Waals surface area contributed by atoms with Gasteiger partial charge in [-0.3, -0.25) is 9.78 Å². The molecule has 2 aromatic rings. The summed E-state index contributed by atoms with van der Waals surface area (Å²) in [6, 6.07) is 4.20. The molecule has 2 aromatic heterocycles. The number of fused-ring (bicyclic) bond motifs is 1. The summed E-state index contributed by atoms with van der Waals surface area (Å²) >= 11 is 1.38. The molecule has 2 N–H and O–H groups in total. The summed E-state index contributed by atoms with van der Waals surface area (Å²) in [7, 11) is 0. The lowest BCUT2D eigenvalue weighted by atomic mass is 10.2. The number of thiophene rings is 1. The van der Waals surface area contributed by atoms with Crippen molar-refractivity contribution in [2.75, 3.05) is 12.3 Å². The molecule has 1 saturated carbocycles. The van der Waals surface area contributed by atoms with Gasteiger partial charge in [-0.2, -0.15) is 5.26 Å². The van der Waals surface area contributed by atoms with Crippen LogP contribution in [0.15, 0.2) is 18.5 Å². The van der Waals surface area contributed by atoms with Gasteiger partial charge in [0, 0.05) is 30.4 Å². The molecule has 0 atom stereocenters. The van der Waals surface area contributed by atoms with Crippen molar-refractivity contribution in [3.8, 4) is 6.07 Å². The average Bonchev–Trinajstić information content (AvgIpc) is 3.24. The first kappa shape index (κ1) is 12.9. The molecule has 0 bridgehead atoms. The second-order valence-electron chi connectivity index (χ2n) is 4.85. The van der Waals surface area contributed by atoms with Crippen LogP contribution in [0.3, 0.4) is 0 Å². The second-order valence-corrected chi connectivity index (χ2v) is 5.91. The van der Waals surface area contributed by atoms with E-state index in [1.807, 2.05) is 6.07 Å². The van der Waals surface area contributed by atoms with E-state index in [9.17, 15) is 4.79 Å². The quantitative estimate of drug-likeness (QED) is 0.935. The predicted molar refractivity (Wildman–Crippen MR) is 78.3 cm³/mol. The number of carbonyl (C=O) groups excluding carboxylic acids is 1. The Kier molecular flexibility index (Phi) is 3.28. The third kappa shape index (κ3) is 2.21. The van der Waals surface area contributed by atoms with E-state index in [0.717, 1.165) is 22.9 Å². The molecule has 0 radical (unpaired) electrons. The van der Waals surface area contributed by atoms with E-state index >= 15 is 0 Å². The largest absolute Gasteiger partial charge is 0.397 e. The molecule has 20 heavy (non-hydrogen) atoms. The summed E-state index contributed by atoms with van der Waals surface area (Å²) in [6.07, 6.45) is 5.79. The normalized spacial score (nSPS) is 14.2. The molecule has 0 spiro atoms. The number of nitrogen functional groups attached to an aromatic ring is 1. The fraction of sp³-hybridized carbons (Fsp3) is 0.357. The Balaban J connectivity index is 1.94. The Hall–Kier alpha value is -2.13. The fourth-order valence-electron chi connectivity index (χ4n) is 2.27. The summed E-state index contributed by atoms with van der Waals surface area (Å²) in [4.78, 5) is 19.1. The number of hydrogen-bond acceptors (Lipinski definition) is 5. The van der Waals surface area contributed by atoms with Gasteiger partial charge in [-0.1, -0.05) is 0 Å². The number of nitrogens with two attached hydrogens (primary N) is 1. The van der Waals surface area contributed by atoms with E-state index in [-0.39, 0.29) is 11.9 Å². The molecular weight excluding hydrogens is 272 g/mol. The van der Waals surface area contributed by atoms with Gasteiger partial charge in [0.2, 0.25) is 0 Å². The SMILES string of the molecule is N#CCCN(C(=O)c1sc2cnccc2c1N)C1CC1. The van der Waals surface area contributed by atoms with Crippen molar-refractivity contribution >= 4 is 33.0 Å². The number of nitrogens with zero attached hydrogens (tertiary/aromatic N) is 3. The van der Waals surface area contributed by atoms with Crippen LogP contribution in [0.4, 0.5) is 5.69 Å². The first-order valence-corrected chi connectivity index (χ1v) is 7.34. The van der Waals surface area contributed by atoms with Gasteiger partial charge in [0.1, 0.15) is 4.88 Å². The molecule has 1 aliphatic rings. The summed E-state index contributed by atoms with van der Waals surface area (Å²) < 4.78 is 0.921. The molecule has 1 fully saturated rings. The lowest BCUT2D eigenvalue weighted by molar-refractivity contribution is 0.0753. The Morgan fingerprint density at radius 2 is 2.40 bits per heavy atom. The highest BCUT2D eigenvalue weighted by atomic mass is 32.1. The van der Waals surface area contributed by atoms with Crippen LogP contribution in [0.1, 0.15) is 28.9 Å². The predicted octanol–water partition coefficient (Wildman–Crippen LogP) is 2.40. The third-order valence-corrected chi connectivity index (χ3v) is 4.58. The molecule has 6 heteroatoms. The van der Waals surface area contributed by atoms with Gasteiger partial charge in [-0.25, -0.2) is 0 Å². The van der Waals surface area contributed by atoms with E-state index in [0.29, 0.717) is 23.5 Å². The fourth-order valence-corrected chi connectivity index (χ4v) is 3.31. The molecular formula is C14H14N4OS. The van der Waals surface area contributed by atoms with Gasteiger partial charge in [-0.05, 0) is 18.9 Å². The molecule has 1 aliphatic carbocycles. The van der Waals surface area contributed by atoms with Crippen LogP contribution in [-0.2, 0) is 0 Å². The Morgan fingerprint density at radius 3 is 3.05 bits per heavy atom. The highest BCUT2D eigenvalue weighted by Gasteiger charge is 2.34. The molecule has 0 aromatic carbocycles. The van der Waals surface area contributed by atoms with Crippen LogP contribution < -0.4 is 5.73 Å². The lowest BCUT2D eigenvalue weighted by Crippen LogP contribution is -2.33. The number of aromatic nitrogens is 1. The minimum Gasteiger partial charge on any atom is -0.397 e. The molecule has 3 rings (SSSR count). The monoisotopic (exact) mass is 286 g/mol. The lowest BCUT2D eigenvalue weighted by Gasteiger charge is -2.20. The first-order chi connectivity index (χ1) is 9.72. The van der Waals surface area contributed by atoms with Crippen molar-refractivity contribution < 1.29 is 4.79 Å². The van der Waals surface area contributed by atoms with Crippen molar-refractivity contribution in [1.82, 2.24) is 9.88 Å².